The minimum Gasteiger partial charge on any atom is -0.207 e. The Balaban J connectivity index is 2.22. The third kappa shape index (κ3) is 3.67. The minimum atomic E-state index is -0.172. The number of aryl methyl sites for hydroxylation is 2. The number of hydrogen-bond donors (Lipinski definition) is 0. The average molecular weight is 386 g/mol. The van der Waals surface area contributed by atoms with Gasteiger partial charge < -0.3 is 0 Å². The maximum Gasteiger partial charge on any atom is 0.127 e. The Labute approximate surface area is 130 Å². The van der Waals surface area contributed by atoms with Crippen LogP contribution < -0.4 is 0 Å². The fraction of sp³-hybridized carbons (Fsp3) is 0.250. The van der Waals surface area contributed by atoms with Crippen LogP contribution in [0.1, 0.15) is 27.1 Å². The molecule has 0 bridgehead atoms. The summed E-state index contributed by atoms with van der Waals surface area (Å²) in [6.45, 7) is 4.19. The van der Waals surface area contributed by atoms with E-state index in [0.717, 1.165) is 10.9 Å². The van der Waals surface area contributed by atoms with Crippen LogP contribution in [0.2, 0.25) is 0 Å². The highest BCUT2D eigenvalue weighted by Gasteiger charge is 2.14. The molecule has 2 rings (SSSR count). The summed E-state index contributed by atoms with van der Waals surface area (Å²) >= 11 is 6.97. The van der Waals surface area contributed by atoms with Gasteiger partial charge in [-0.25, -0.2) is 4.39 Å². The topological polar surface area (TPSA) is 0 Å². The van der Waals surface area contributed by atoms with Crippen molar-refractivity contribution in [1.29, 1.82) is 0 Å². The van der Waals surface area contributed by atoms with Crippen LogP contribution >= 0.6 is 31.9 Å². The molecule has 1 unspecified atom stereocenters. The van der Waals surface area contributed by atoms with Gasteiger partial charge in [0.25, 0.3) is 0 Å². The van der Waals surface area contributed by atoms with Crippen molar-refractivity contribution in [2.24, 2.45) is 0 Å². The SMILES string of the molecule is Cc1ccc(CC(Br)c2cc(Br)ccc2F)cc1C. The van der Waals surface area contributed by atoms with E-state index in [4.69, 9.17) is 0 Å². The summed E-state index contributed by atoms with van der Waals surface area (Å²) in [6.07, 6.45) is 0.772. The second-order valence-electron chi connectivity index (χ2n) is 4.76. The fourth-order valence-corrected chi connectivity index (χ4v) is 3.11. The van der Waals surface area contributed by atoms with E-state index < -0.39 is 0 Å². The van der Waals surface area contributed by atoms with Gasteiger partial charge in [-0.15, -0.1) is 0 Å². The quantitative estimate of drug-likeness (QED) is 0.578. The number of halogens is 3. The summed E-state index contributed by atoms with van der Waals surface area (Å²) in [5.41, 5.74) is 4.45. The highest BCUT2D eigenvalue weighted by atomic mass is 79.9. The first-order valence-electron chi connectivity index (χ1n) is 6.12. The summed E-state index contributed by atoms with van der Waals surface area (Å²) in [5.74, 6) is -0.172. The molecule has 0 fully saturated rings. The van der Waals surface area contributed by atoms with Gasteiger partial charge in [0.2, 0.25) is 0 Å². The number of alkyl halides is 1. The van der Waals surface area contributed by atoms with Crippen LogP contribution in [-0.4, -0.2) is 0 Å². The van der Waals surface area contributed by atoms with Crippen molar-refractivity contribution in [3.63, 3.8) is 0 Å². The van der Waals surface area contributed by atoms with E-state index in [-0.39, 0.29) is 10.6 Å². The van der Waals surface area contributed by atoms with Gasteiger partial charge in [-0.1, -0.05) is 50.1 Å². The largest absolute Gasteiger partial charge is 0.207 e. The lowest BCUT2D eigenvalue weighted by atomic mass is 10.0. The predicted octanol–water partition coefficient (Wildman–Crippen LogP) is 5.88. The highest BCUT2D eigenvalue weighted by Crippen LogP contribution is 2.31. The monoisotopic (exact) mass is 384 g/mol. The number of benzene rings is 2. The molecular formula is C16H15Br2F. The lowest BCUT2D eigenvalue weighted by molar-refractivity contribution is 0.607. The molecular weight excluding hydrogens is 371 g/mol. The Hall–Kier alpha value is -0.670. The van der Waals surface area contributed by atoms with E-state index in [2.05, 4.69) is 63.9 Å². The molecule has 1 atom stereocenters. The second-order valence-corrected chi connectivity index (χ2v) is 6.78. The van der Waals surface area contributed by atoms with Crippen LogP contribution in [0, 0.1) is 19.7 Å². The third-order valence-electron chi connectivity index (χ3n) is 3.28. The molecule has 0 radical (unpaired) electrons. The van der Waals surface area contributed by atoms with Crippen LogP contribution in [0.5, 0.6) is 0 Å². The van der Waals surface area contributed by atoms with Gasteiger partial charge in [-0.05, 0) is 55.2 Å². The van der Waals surface area contributed by atoms with Crippen LogP contribution in [0.15, 0.2) is 40.9 Å². The van der Waals surface area contributed by atoms with Gasteiger partial charge in [0.15, 0.2) is 0 Å². The summed E-state index contributed by atoms with van der Waals surface area (Å²) in [6, 6.07) is 11.4. The first-order chi connectivity index (χ1) is 8.97. The Bertz CT molecular complexity index is 593. The third-order valence-corrected chi connectivity index (χ3v) is 4.59. The standard InChI is InChI=1S/C16H15Br2F/c1-10-3-4-12(7-11(10)2)8-15(18)14-9-13(17)5-6-16(14)19/h3-7,9,15H,8H2,1-2H3. The van der Waals surface area contributed by atoms with Crippen molar-refractivity contribution in [3.8, 4) is 0 Å². The molecule has 0 nitrogen and oxygen atoms in total. The molecule has 0 spiro atoms. The zero-order chi connectivity index (χ0) is 14.0. The van der Waals surface area contributed by atoms with Crippen LogP contribution in [-0.2, 0) is 6.42 Å². The molecule has 3 heteroatoms. The first kappa shape index (κ1) is 14.7. The van der Waals surface area contributed by atoms with Crippen LogP contribution in [0.4, 0.5) is 4.39 Å². The Kier molecular flexibility index (Phi) is 4.80. The Morgan fingerprint density at radius 1 is 1.05 bits per heavy atom. The van der Waals surface area contributed by atoms with Crippen LogP contribution in [0.3, 0.4) is 0 Å². The molecule has 0 heterocycles. The van der Waals surface area contributed by atoms with Crippen molar-refractivity contribution in [1.82, 2.24) is 0 Å². The van der Waals surface area contributed by atoms with E-state index in [9.17, 15) is 4.39 Å². The highest BCUT2D eigenvalue weighted by molar-refractivity contribution is 9.10. The first-order valence-corrected chi connectivity index (χ1v) is 7.83. The van der Waals surface area contributed by atoms with Crippen molar-refractivity contribution in [3.05, 3.63) is 68.9 Å². The summed E-state index contributed by atoms with van der Waals surface area (Å²) < 4.78 is 14.7. The van der Waals surface area contributed by atoms with E-state index in [1.165, 1.54) is 22.8 Å². The summed E-state index contributed by atoms with van der Waals surface area (Å²) in [5, 5.41) is 0. The van der Waals surface area contributed by atoms with Gasteiger partial charge in [0.1, 0.15) is 5.82 Å². The van der Waals surface area contributed by atoms with Gasteiger partial charge in [-0.3, -0.25) is 0 Å². The van der Waals surface area contributed by atoms with Crippen molar-refractivity contribution >= 4 is 31.9 Å². The molecule has 0 saturated heterocycles. The number of rotatable bonds is 3. The van der Waals surface area contributed by atoms with Crippen molar-refractivity contribution in [2.75, 3.05) is 0 Å². The predicted molar refractivity (Wildman–Crippen MR) is 85.4 cm³/mol. The molecule has 0 amide bonds. The molecule has 0 saturated carbocycles. The minimum absolute atomic E-state index is 0.0212. The lowest BCUT2D eigenvalue weighted by Gasteiger charge is -2.13. The molecule has 0 aliphatic rings. The zero-order valence-corrected chi connectivity index (χ0v) is 14.1. The van der Waals surface area contributed by atoms with Gasteiger partial charge >= 0.3 is 0 Å². The van der Waals surface area contributed by atoms with Crippen molar-refractivity contribution in [2.45, 2.75) is 25.1 Å². The van der Waals surface area contributed by atoms with Crippen LogP contribution in [0.25, 0.3) is 0 Å². The normalized spacial score (nSPS) is 12.5. The lowest BCUT2D eigenvalue weighted by Crippen LogP contribution is -1.99. The average Bonchev–Trinajstić information content (AvgIpc) is 2.36. The molecule has 19 heavy (non-hydrogen) atoms. The Morgan fingerprint density at radius 2 is 1.79 bits per heavy atom. The summed E-state index contributed by atoms with van der Waals surface area (Å²) in [4.78, 5) is -0.0212. The molecule has 0 aromatic heterocycles. The molecule has 2 aromatic carbocycles. The van der Waals surface area contributed by atoms with Crippen molar-refractivity contribution < 1.29 is 4.39 Å². The molecule has 0 N–H and O–H groups in total. The maximum atomic E-state index is 13.8. The van der Waals surface area contributed by atoms with Gasteiger partial charge in [-0.2, -0.15) is 0 Å². The van der Waals surface area contributed by atoms with E-state index in [1.54, 1.807) is 6.07 Å². The maximum absolute atomic E-state index is 13.8. The second kappa shape index (κ2) is 6.19. The molecule has 100 valence electrons. The van der Waals surface area contributed by atoms with Gasteiger partial charge in [0.05, 0.1) is 0 Å². The Morgan fingerprint density at radius 3 is 2.47 bits per heavy atom. The van der Waals surface area contributed by atoms with E-state index in [1.807, 2.05) is 6.07 Å². The van der Waals surface area contributed by atoms with E-state index in [0.29, 0.717) is 5.56 Å². The summed E-state index contributed by atoms with van der Waals surface area (Å²) in [7, 11) is 0. The fourth-order valence-electron chi connectivity index (χ4n) is 2.00. The number of hydrogen-bond acceptors (Lipinski definition) is 0. The van der Waals surface area contributed by atoms with E-state index >= 15 is 0 Å². The molecule has 2 aromatic rings. The molecule has 0 aliphatic carbocycles. The van der Waals surface area contributed by atoms with Gasteiger partial charge in [0, 0.05) is 14.9 Å². The molecule has 0 aliphatic heterocycles. The zero-order valence-electron chi connectivity index (χ0n) is 10.9. The smallest absolute Gasteiger partial charge is 0.127 e.